The number of thioether (sulfide) groups is 1. The average molecular weight is 303 g/mol. The summed E-state index contributed by atoms with van der Waals surface area (Å²) in [5.74, 6) is 0. The maximum atomic E-state index is 12.6. The van der Waals surface area contributed by atoms with Crippen molar-refractivity contribution in [3.63, 3.8) is 0 Å². The fourth-order valence-corrected chi connectivity index (χ4v) is 2.81. The van der Waals surface area contributed by atoms with Crippen molar-refractivity contribution >= 4 is 22.7 Å². The van der Waals surface area contributed by atoms with Gasteiger partial charge in [0.2, 0.25) is 0 Å². The van der Waals surface area contributed by atoms with Crippen molar-refractivity contribution in [2.75, 3.05) is 13.7 Å². The fourth-order valence-electron chi connectivity index (χ4n) is 1.99. The molecule has 5 nitrogen and oxygen atoms in total. The smallest absolute Gasteiger partial charge is 0.262 e. The number of nitriles is 1. The molecule has 0 unspecified atom stereocenters. The third-order valence-electron chi connectivity index (χ3n) is 3.02. The summed E-state index contributed by atoms with van der Waals surface area (Å²) >= 11 is 1.31. The number of hydrogen-bond donors (Lipinski definition) is 0. The molecule has 1 heterocycles. The second-order valence-corrected chi connectivity index (χ2v) is 5.91. The van der Waals surface area contributed by atoms with E-state index in [1.807, 2.05) is 18.2 Å². The molecule has 0 aliphatic carbocycles. The highest BCUT2D eigenvalue weighted by Crippen LogP contribution is 2.22. The number of hydrogen-bond acceptors (Lipinski definition) is 5. The van der Waals surface area contributed by atoms with Crippen LogP contribution in [0, 0.1) is 11.3 Å². The molecule has 0 saturated carbocycles. The number of fused-ring (bicyclic) bond motifs is 1. The van der Waals surface area contributed by atoms with Crippen molar-refractivity contribution in [1.29, 1.82) is 5.26 Å². The van der Waals surface area contributed by atoms with E-state index in [9.17, 15) is 4.79 Å². The lowest BCUT2D eigenvalue weighted by atomic mass is 10.2. The maximum Gasteiger partial charge on any atom is 0.262 e. The predicted molar refractivity (Wildman–Crippen MR) is 83.4 cm³/mol. The summed E-state index contributed by atoms with van der Waals surface area (Å²) < 4.78 is 6.68. The van der Waals surface area contributed by atoms with E-state index in [1.54, 1.807) is 24.7 Å². The van der Waals surface area contributed by atoms with Gasteiger partial charge in [0.05, 0.1) is 22.2 Å². The van der Waals surface area contributed by atoms with Gasteiger partial charge in [-0.3, -0.25) is 9.36 Å². The van der Waals surface area contributed by atoms with Crippen LogP contribution >= 0.6 is 11.8 Å². The molecule has 0 aliphatic rings. The van der Waals surface area contributed by atoms with E-state index in [2.05, 4.69) is 11.1 Å². The molecule has 1 atom stereocenters. The highest BCUT2D eigenvalue weighted by atomic mass is 32.2. The summed E-state index contributed by atoms with van der Waals surface area (Å²) in [5, 5.41) is 9.91. The molecule has 1 aromatic carbocycles. The molecule has 0 aliphatic heterocycles. The number of benzene rings is 1. The number of para-hydroxylation sites is 1. The Morgan fingerprint density at radius 2 is 2.24 bits per heavy atom. The zero-order chi connectivity index (χ0) is 15.2. The molecule has 1 aromatic heterocycles. The monoisotopic (exact) mass is 303 g/mol. The fraction of sp³-hybridized carbons (Fsp3) is 0.400. The first-order valence-electron chi connectivity index (χ1n) is 6.72. The van der Waals surface area contributed by atoms with Crippen molar-refractivity contribution in [1.82, 2.24) is 9.55 Å². The molecule has 6 heteroatoms. The lowest BCUT2D eigenvalue weighted by Crippen LogP contribution is -2.24. The van der Waals surface area contributed by atoms with E-state index in [-0.39, 0.29) is 10.8 Å². The Bertz CT molecular complexity index is 721. The highest BCUT2D eigenvalue weighted by molar-refractivity contribution is 8.00. The normalized spacial score (nSPS) is 12.2. The Morgan fingerprint density at radius 3 is 2.95 bits per heavy atom. The molecule has 0 bridgehead atoms. The highest BCUT2D eigenvalue weighted by Gasteiger charge is 2.13. The third-order valence-corrected chi connectivity index (χ3v) is 4.00. The Kier molecular flexibility index (Phi) is 5.37. The zero-order valence-electron chi connectivity index (χ0n) is 12.1. The van der Waals surface area contributed by atoms with Gasteiger partial charge >= 0.3 is 0 Å². The molecule has 21 heavy (non-hydrogen) atoms. The molecule has 0 saturated heterocycles. The molecule has 0 fully saturated rings. The van der Waals surface area contributed by atoms with Gasteiger partial charge in [-0.1, -0.05) is 23.9 Å². The summed E-state index contributed by atoms with van der Waals surface area (Å²) in [6.45, 7) is 2.91. The van der Waals surface area contributed by atoms with Gasteiger partial charge < -0.3 is 4.74 Å². The minimum absolute atomic E-state index is 0.0654. The van der Waals surface area contributed by atoms with E-state index < -0.39 is 0 Å². The topological polar surface area (TPSA) is 67.9 Å². The largest absolute Gasteiger partial charge is 0.385 e. The molecule has 0 amide bonds. The van der Waals surface area contributed by atoms with Crippen LogP contribution in [0.5, 0.6) is 0 Å². The first-order valence-corrected chi connectivity index (χ1v) is 7.60. The summed E-state index contributed by atoms with van der Waals surface area (Å²) in [5.41, 5.74) is 0.600. The SMILES string of the molecule is COCCCn1c(S[C@@H](C)C#N)nc2ccccc2c1=O. The number of ether oxygens (including phenoxy) is 1. The molecule has 2 aromatic rings. The predicted octanol–water partition coefficient (Wildman–Crippen LogP) is 2.44. The van der Waals surface area contributed by atoms with Crippen LogP contribution in [0.25, 0.3) is 10.9 Å². The number of methoxy groups -OCH3 is 1. The summed E-state index contributed by atoms with van der Waals surface area (Å²) in [6, 6.07) is 9.43. The molecule has 110 valence electrons. The number of aromatic nitrogens is 2. The van der Waals surface area contributed by atoms with Crippen LogP contribution in [-0.2, 0) is 11.3 Å². The van der Waals surface area contributed by atoms with Crippen molar-refractivity contribution in [3.8, 4) is 6.07 Å². The Hall–Kier alpha value is -1.84. The average Bonchev–Trinajstić information content (AvgIpc) is 2.50. The van der Waals surface area contributed by atoms with Crippen LogP contribution in [0.15, 0.2) is 34.2 Å². The minimum Gasteiger partial charge on any atom is -0.385 e. The van der Waals surface area contributed by atoms with E-state index in [0.29, 0.717) is 29.2 Å². The second kappa shape index (κ2) is 7.25. The zero-order valence-corrected chi connectivity index (χ0v) is 12.9. The molecule has 0 spiro atoms. The molecule has 0 radical (unpaired) electrons. The molecule has 0 N–H and O–H groups in total. The Morgan fingerprint density at radius 1 is 1.48 bits per heavy atom. The number of rotatable bonds is 6. The molecular weight excluding hydrogens is 286 g/mol. The molecular formula is C15H17N3O2S. The van der Waals surface area contributed by atoms with Crippen molar-refractivity contribution < 1.29 is 4.74 Å². The Balaban J connectivity index is 2.49. The molecule has 2 rings (SSSR count). The van der Waals surface area contributed by atoms with Crippen molar-refractivity contribution in [3.05, 3.63) is 34.6 Å². The van der Waals surface area contributed by atoms with E-state index in [1.165, 1.54) is 11.8 Å². The van der Waals surface area contributed by atoms with Crippen LogP contribution in [-0.4, -0.2) is 28.5 Å². The van der Waals surface area contributed by atoms with Gasteiger partial charge in [-0.05, 0) is 25.5 Å². The van der Waals surface area contributed by atoms with Gasteiger partial charge in [0, 0.05) is 20.3 Å². The number of nitrogens with zero attached hydrogens (tertiary/aromatic N) is 3. The minimum atomic E-state index is -0.258. The van der Waals surface area contributed by atoms with Crippen molar-refractivity contribution in [2.45, 2.75) is 30.3 Å². The first kappa shape index (κ1) is 15.5. The first-order chi connectivity index (χ1) is 10.2. The summed E-state index contributed by atoms with van der Waals surface area (Å²) in [6.07, 6.45) is 0.727. The summed E-state index contributed by atoms with van der Waals surface area (Å²) in [7, 11) is 1.63. The van der Waals surface area contributed by atoms with Crippen LogP contribution in [0.4, 0.5) is 0 Å². The third kappa shape index (κ3) is 3.63. The van der Waals surface area contributed by atoms with Gasteiger partial charge in [-0.2, -0.15) is 5.26 Å². The summed E-state index contributed by atoms with van der Waals surface area (Å²) in [4.78, 5) is 17.1. The Labute approximate surface area is 127 Å². The second-order valence-electron chi connectivity index (χ2n) is 4.60. The van der Waals surface area contributed by atoms with E-state index >= 15 is 0 Å². The van der Waals surface area contributed by atoms with Crippen LogP contribution < -0.4 is 5.56 Å². The van der Waals surface area contributed by atoms with Gasteiger partial charge in [0.25, 0.3) is 5.56 Å². The van der Waals surface area contributed by atoms with Gasteiger partial charge in [0.1, 0.15) is 0 Å². The lowest BCUT2D eigenvalue weighted by Gasteiger charge is -2.13. The standard InChI is InChI=1S/C15H17N3O2S/c1-11(10-16)21-15-17-13-7-4-3-6-12(13)14(19)18(15)8-5-9-20-2/h3-4,6-7,11H,5,8-9H2,1-2H3/t11-/m0/s1. The van der Waals surface area contributed by atoms with Crippen LogP contribution in [0.3, 0.4) is 0 Å². The van der Waals surface area contributed by atoms with E-state index in [0.717, 1.165) is 6.42 Å². The van der Waals surface area contributed by atoms with E-state index in [4.69, 9.17) is 10.00 Å². The van der Waals surface area contributed by atoms with Gasteiger partial charge in [-0.25, -0.2) is 4.98 Å². The van der Waals surface area contributed by atoms with Crippen LogP contribution in [0.2, 0.25) is 0 Å². The van der Waals surface area contributed by atoms with Crippen LogP contribution in [0.1, 0.15) is 13.3 Å². The lowest BCUT2D eigenvalue weighted by molar-refractivity contribution is 0.189. The quantitative estimate of drug-likeness (QED) is 0.466. The maximum absolute atomic E-state index is 12.6. The van der Waals surface area contributed by atoms with Crippen molar-refractivity contribution in [2.24, 2.45) is 0 Å². The van der Waals surface area contributed by atoms with Gasteiger partial charge in [0.15, 0.2) is 5.16 Å². The van der Waals surface area contributed by atoms with Gasteiger partial charge in [-0.15, -0.1) is 0 Å².